The van der Waals surface area contributed by atoms with Crippen molar-refractivity contribution in [3.8, 4) is 0 Å². The van der Waals surface area contributed by atoms with E-state index >= 15 is 0 Å². The van der Waals surface area contributed by atoms with Crippen LogP contribution in [0.3, 0.4) is 0 Å². The third-order valence-electron chi connectivity index (χ3n) is 4.89. The number of amides is 3. The van der Waals surface area contributed by atoms with Gasteiger partial charge in [-0.05, 0) is 37.3 Å². The Morgan fingerprint density at radius 3 is 2.68 bits per heavy atom. The molecule has 6 nitrogen and oxygen atoms in total. The second-order valence-electron chi connectivity index (χ2n) is 6.95. The molecule has 3 amide bonds. The summed E-state index contributed by atoms with van der Waals surface area (Å²) in [7, 11) is 0. The van der Waals surface area contributed by atoms with E-state index in [2.05, 4.69) is 27.6 Å². The van der Waals surface area contributed by atoms with Crippen LogP contribution in [0.25, 0.3) is 0 Å². The number of aromatic nitrogens is 2. The van der Waals surface area contributed by atoms with Gasteiger partial charge in [0.15, 0.2) is 0 Å². The lowest BCUT2D eigenvalue weighted by Crippen LogP contribution is -2.54. The SMILES string of the molecule is O=C1C[C@@H](CCc2ccccc2)NC(=O)N1Cc1cc(C2CC2)n[nH]1. The van der Waals surface area contributed by atoms with Gasteiger partial charge in [-0.1, -0.05) is 30.3 Å². The van der Waals surface area contributed by atoms with E-state index in [4.69, 9.17) is 0 Å². The van der Waals surface area contributed by atoms with Crippen molar-refractivity contribution in [1.29, 1.82) is 0 Å². The number of aromatic amines is 1. The van der Waals surface area contributed by atoms with Crippen molar-refractivity contribution in [2.45, 2.75) is 50.6 Å². The average Bonchev–Trinajstić information content (AvgIpc) is 3.36. The summed E-state index contributed by atoms with van der Waals surface area (Å²) in [6.07, 6.45) is 4.32. The quantitative estimate of drug-likeness (QED) is 0.850. The number of nitrogens with one attached hydrogen (secondary N) is 2. The highest BCUT2D eigenvalue weighted by Crippen LogP contribution is 2.39. The summed E-state index contributed by atoms with van der Waals surface area (Å²) in [6.45, 7) is 0.260. The first-order chi connectivity index (χ1) is 12.2. The van der Waals surface area contributed by atoms with Crippen molar-refractivity contribution in [3.05, 3.63) is 53.3 Å². The first kappa shape index (κ1) is 15.9. The van der Waals surface area contributed by atoms with Crippen LogP contribution < -0.4 is 5.32 Å². The van der Waals surface area contributed by atoms with Gasteiger partial charge in [0, 0.05) is 18.4 Å². The molecule has 130 valence electrons. The van der Waals surface area contributed by atoms with Crippen LogP contribution in [0.2, 0.25) is 0 Å². The summed E-state index contributed by atoms with van der Waals surface area (Å²) in [5.74, 6) is 0.433. The molecule has 2 heterocycles. The van der Waals surface area contributed by atoms with Gasteiger partial charge < -0.3 is 5.32 Å². The van der Waals surface area contributed by atoms with Gasteiger partial charge in [0.25, 0.3) is 0 Å². The fourth-order valence-corrected chi connectivity index (χ4v) is 3.28. The number of hydrogen-bond donors (Lipinski definition) is 2. The number of nitrogens with zero attached hydrogens (tertiary/aromatic N) is 2. The minimum atomic E-state index is -0.308. The minimum Gasteiger partial charge on any atom is -0.334 e. The molecule has 2 fully saturated rings. The summed E-state index contributed by atoms with van der Waals surface area (Å²) in [6, 6.07) is 11.7. The maximum atomic E-state index is 12.4. The van der Waals surface area contributed by atoms with Gasteiger partial charge in [0.05, 0.1) is 17.9 Å². The number of urea groups is 1. The summed E-state index contributed by atoms with van der Waals surface area (Å²) < 4.78 is 0. The Hall–Kier alpha value is -2.63. The predicted molar refractivity (Wildman–Crippen MR) is 92.8 cm³/mol. The molecule has 2 aliphatic rings. The van der Waals surface area contributed by atoms with Gasteiger partial charge in [-0.15, -0.1) is 0 Å². The Kier molecular flexibility index (Phi) is 4.26. The van der Waals surface area contributed by atoms with Crippen molar-refractivity contribution in [2.75, 3.05) is 0 Å². The number of H-pyrrole nitrogens is 1. The standard InChI is InChI=1S/C19H22N4O2/c24-18-11-15(9-6-13-4-2-1-3-5-13)20-19(25)23(18)12-16-10-17(22-21-16)14-7-8-14/h1-5,10,14-15H,6-9,11-12H2,(H,20,25)(H,21,22)/t15-/m1/s1. The normalized spacial score (nSPS) is 20.6. The number of imide groups is 1. The molecule has 2 N–H and O–H groups in total. The Labute approximate surface area is 146 Å². The zero-order chi connectivity index (χ0) is 17.2. The van der Waals surface area contributed by atoms with Crippen LogP contribution in [0.1, 0.15) is 48.6 Å². The Morgan fingerprint density at radius 2 is 1.96 bits per heavy atom. The topological polar surface area (TPSA) is 78.1 Å². The average molecular weight is 338 g/mol. The van der Waals surface area contributed by atoms with E-state index in [1.165, 1.54) is 23.3 Å². The summed E-state index contributed by atoms with van der Waals surface area (Å²) in [5.41, 5.74) is 3.07. The lowest BCUT2D eigenvalue weighted by molar-refractivity contribution is -0.130. The van der Waals surface area contributed by atoms with Gasteiger partial charge in [-0.3, -0.25) is 14.8 Å². The van der Waals surface area contributed by atoms with Crippen LogP contribution in [0.15, 0.2) is 36.4 Å². The van der Waals surface area contributed by atoms with E-state index in [1.54, 1.807) is 0 Å². The lowest BCUT2D eigenvalue weighted by atomic mass is 10.0. The van der Waals surface area contributed by atoms with Crippen LogP contribution in [-0.4, -0.2) is 33.1 Å². The molecule has 0 bridgehead atoms. The lowest BCUT2D eigenvalue weighted by Gasteiger charge is -2.31. The molecule has 1 saturated carbocycles. The van der Waals surface area contributed by atoms with E-state index in [-0.39, 0.29) is 24.5 Å². The van der Waals surface area contributed by atoms with E-state index in [1.807, 2.05) is 24.3 Å². The number of hydrogen-bond acceptors (Lipinski definition) is 3. The molecule has 6 heteroatoms. The third-order valence-corrected chi connectivity index (χ3v) is 4.89. The second-order valence-corrected chi connectivity index (χ2v) is 6.95. The van der Waals surface area contributed by atoms with Crippen molar-refractivity contribution in [1.82, 2.24) is 20.4 Å². The molecule has 1 aromatic carbocycles. The number of aryl methyl sites for hydroxylation is 1. The second kappa shape index (κ2) is 6.70. The molecule has 25 heavy (non-hydrogen) atoms. The van der Waals surface area contributed by atoms with Gasteiger partial charge in [-0.25, -0.2) is 4.79 Å². The van der Waals surface area contributed by atoms with Crippen LogP contribution in [-0.2, 0) is 17.8 Å². The highest BCUT2D eigenvalue weighted by Gasteiger charge is 2.32. The maximum absolute atomic E-state index is 12.4. The Bertz CT molecular complexity index is 749. The molecule has 1 aliphatic heterocycles. The summed E-state index contributed by atoms with van der Waals surface area (Å²) >= 11 is 0. The smallest absolute Gasteiger partial charge is 0.324 e. The molecule has 0 radical (unpaired) electrons. The molecule has 1 saturated heterocycles. The summed E-state index contributed by atoms with van der Waals surface area (Å²) in [5, 5.41) is 10.2. The monoisotopic (exact) mass is 338 g/mol. The zero-order valence-corrected chi connectivity index (χ0v) is 14.1. The molecule has 4 rings (SSSR count). The molecular weight excluding hydrogens is 316 g/mol. The number of carbonyl (C=O) groups is 2. The van der Waals surface area contributed by atoms with Crippen LogP contribution >= 0.6 is 0 Å². The Balaban J connectivity index is 1.33. The Morgan fingerprint density at radius 1 is 1.16 bits per heavy atom. The molecule has 0 spiro atoms. The van der Waals surface area contributed by atoms with Gasteiger partial charge in [0.2, 0.25) is 5.91 Å². The first-order valence-electron chi connectivity index (χ1n) is 8.88. The van der Waals surface area contributed by atoms with Crippen LogP contribution in [0, 0.1) is 0 Å². The van der Waals surface area contributed by atoms with Crippen LogP contribution in [0.5, 0.6) is 0 Å². The molecule has 2 aromatic rings. The van der Waals surface area contributed by atoms with Crippen molar-refractivity contribution in [3.63, 3.8) is 0 Å². The molecule has 0 unspecified atom stereocenters. The molecule has 1 aliphatic carbocycles. The van der Waals surface area contributed by atoms with Crippen molar-refractivity contribution >= 4 is 11.9 Å². The molecular formula is C19H22N4O2. The minimum absolute atomic E-state index is 0.0970. The highest BCUT2D eigenvalue weighted by molar-refractivity contribution is 5.97. The predicted octanol–water partition coefficient (Wildman–Crippen LogP) is 2.73. The number of carbonyl (C=O) groups excluding carboxylic acids is 2. The number of benzene rings is 1. The summed E-state index contributed by atoms with van der Waals surface area (Å²) in [4.78, 5) is 26.0. The fourth-order valence-electron chi connectivity index (χ4n) is 3.28. The number of rotatable bonds is 6. The van der Waals surface area contributed by atoms with Crippen LogP contribution in [0.4, 0.5) is 4.79 Å². The van der Waals surface area contributed by atoms with E-state index in [0.717, 1.165) is 24.2 Å². The largest absolute Gasteiger partial charge is 0.334 e. The van der Waals surface area contributed by atoms with Gasteiger partial charge in [0.1, 0.15) is 0 Å². The molecule has 1 aromatic heterocycles. The van der Waals surface area contributed by atoms with Gasteiger partial charge in [-0.2, -0.15) is 5.10 Å². The zero-order valence-electron chi connectivity index (χ0n) is 14.1. The fraction of sp³-hybridized carbons (Fsp3) is 0.421. The first-order valence-corrected chi connectivity index (χ1v) is 8.88. The van der Waals surface area contributed by atoms with E-state index in [9.17, 15) is 9.59 Å². The third kappa shape index (κ3) is 3.73. The highest BCUT2D eigenvalue weighted by atomic mass is 16.2. The van der Waals surface area contributed by atoms with E-state index in [0.29, 0.717) is 12.3 Å². The molecule has 1 atom stereocenters. The maximum Gasteiger partial charge on any atom is 0.324 e. The van der Waals surface area contributed by atoms with Crippen molar-refractivity contribution in [2.24, 2.45) is 0 Å². The van der Waals surface area contributed by atoms with Gasteiger partial charge >= 0.3 is 6.03 Å². The van der Waals surface area contributed by atoms with E-state index < -0.39 is 0 Å². The van der Waals surface area contributed by atoms with Crippen molar-refractivity contribution < 1.29 is 9.59 Å².